The van der Waals surface area contributed by atoms with Gasteiger partial charge in [0.05, 0.1) is 6.20 Å². The summed E-state index contributed by atoms with van der Waals surface area (Å²) < 4.78 is 14.0. The van der Waals surface area contributed by atoms with Crippen molar-refractivity contribution >= 4 is 6.29 Å². The molecule has 0 aromatic carbocycles. The van der Waals surface area contributed by atoms with E-state index in [1.165, 1.54) is 0 Å². The third-order valence-corrected chi connectivity index (χ3v) is 3.13. The van der Waals surface area contributed by atoms with E-state index in [2.05, 4.69) is 15.2 Å². The molecule has 0 amide bonds. The van der Waals surface area contributed by atoms with Gasteiger partial charge in [-0.1, -0.05) is 5.21 Å². The number of hydrogen-bond donors (Lipinski definition) is 0. The van der Waals surface area contributed by atoms with Crippen LogP contribution < -0.4 is 0 Å². The first-order chi connectivity index (χ1) is 8.31. The molecule has 0 N–H and O–H groups in total. The molecule has 1 fully saturated rings. The number of halogens is 1. The number of aromatic nitrogens is 3. The van der Waals surface area contributed by atoms with Crippen molar-refractivity contribution in [3.63, 3.8) is 0 Å². The molecule has 0 saturated carbocycles. The van der Waals surface area contributed by atoms with Crippen LogP contribution in [0.1, 0.15) is 23.3 Å². The third kappa shape index (κ3) is 3.33. The number of nitrogens with zero attached hydrogens (tertiary/aromatic N) is 4. The maximum atomic E-state index is 12.3. The van der Waals surface area contributed by atoms with E-state index >= 15 is 0 Å². The Hall–Kier alpha value is -1.30. The van der Waals surface area contributed by atoms with Crippen LogP contribution in [0.5, 0.6) is 0 Å². The summed E-state index contributed by atoms with van der Waals surface area (Å²) in [6.45, 7) is 2.87. The zero-order chi connectivity index (χ0) is 12.1. The number of likely N-dealkylation sites (tertiary alicyclic amines) is 1. The minimum Gasteiger partial charge on any atom is -0.300 e. The molecule has 6 heteroatoms. The van der Waals surface area contributed by atoms with E-state index in [1.54, 1.807) is 10.9 Å². The van der Waals surface area contributed by atoms with Crippen molar-refractivity contribution in [1.29, 1.82) is 0 Å². The predicted molar refractivity (Wildman–Crippen MR) is 60.5 cm³/mol. The van der Waals surface area contributed by atoms with Crippen molar-refractivity contribution in [2.45, 2.75) is 19.4 Å². The molecule has 1 saturated heterocycles. The lowest BCUT2D eigenvalue weighted by Crippen LogP contribution is -2.38. The van der Waals surface area contributed by atoms with Gasteiger partial charge in [0, 0.05) is 19.6 Å². The average Bonchev–Trinajstić information content (AvgIpc) is 2.78. The Bertz CT molecular complexity index is 366. The second kappa shape index (κ2) is 5.86. The Morgan fingerprint density at radius 3 is 3.18 bits per heavy atom. The molecule has 0 unspecified atom stereocenters. The summed E-state index contributed by atoms with van der Waals surface area (Å²) in [6.07, 6.45) is 4.57. The zero-order valence-corrected chi connectivity index (χ0v) is 9.76. The van der Waals surface area contributed by atoms with Crippen molar-refractivity contribution in [3.8, 4) is 0 Å². The first-order valence-corrected chi connectivity index (χ1v) is 5.95. The van der Waals surface area contributed by atoms with Crippen LogP contribution in [-0.4, -0.2) is 52.5 Å². The highest BCUT2D eigenvalue weighted by Crippen LogP contribution is 2.17. The van der Waals surface area contributed by atoms with Crippen LogP contribution in [0.25, 0.3) is 0 Å². The fourth-order valence-corrected chi connectivity index (χ4v) is 2.34. The van der Waals surface area contributed by atoms with Gasteiger partial charge in [0.2, 0.25) is 0 Å². The van der Waals surface area contributed by atoms with Crippen LogP contribution in [-0.2, 0) is 6.54 Å². The molecule has 94 valence electrons. The van der Waals surface area contributed by atoms with Crippen LogP contribution >= 0.6 is 0 Å². The molecule has 1 aromatic rings. The van der Waals surface area contributed by atoms with E-state index in [9.17, 15) is 9.18 Å². The summed E-state index contributed by atoms with van der Waals surface area (Å²) in [5.74, 6) is 0.469. The number of carbonyl (C=O) groups excluding carboxylic acids is 1. The largest absolute Gasteiger partial charge is 0.300 e. The lowest BCUT2D eigenvalue weighted by atomic mass is 9.98. The number of rotatable bonds is 5. The Morgan fingerprint density at radius 2 is 2.47 bits per heavy atom. The molecule has 0 bridgehead atoms. The Balaban J connectivity index is 1.87. The second-order valence-corrected chi connectivity index (χ2v) is 4.48. The van der Waals surface area contributed by atoms with E-state index in [1.807, 2.05) is 0 Å². The predicted octanol–water partition coefficient (Wildman–Crippen LogP) is 0.772. The lowest BCUT2D eigenvalue weighted by molar-refractivity contribution is 0.111. The first kappa shape index (κ1) is 12.2. The van der Waals surface area contributed by atoms with E-state index < -0.39 is 0 Å². The fourth-order valence-electron chi connectivity index (χ4n) is 2.34. The quantitative estimate of drug-likeness (QED) is 0.713. The normalized spacial score (nSPS) is 21.6. The summed E-state index contributed by atoms with van der Waals surface area (Å²) >= 11 is 0. The smallest absolute Gasteiger partial charge is 0.171 e. The standard InChI is InChI=1S/C11H17FN4O/c12-3-5-15-4-1-2-10(6-15)7-16-8-11(9-17)13-14-16/h8-10H,1-7H2/t10-/m0/s1. The molecule has 1 aromatic heterocycles. The van der Waals surface area contributed by atoms with Crippen LogP contribution in [0.15, 0.2) is 6.20 Å². The van der Waals surface area contributed by atoms with Crippen molar-refractivity contribution in [2.75, 3.05) is 26.3 Å². The number of hydrogen-bond acceptors (Lipinski definition) is 4. The van der Waals surface area contributed by atoms with Gasteiger partial charge in [-0.25, -0.2) is 4.39 Å². The Kier molecular flexibility index (Phi) is 4.19. The molecule has 0 aliphatic carbocycles. The average molecular weight is 240 g/mol. The minimum absolute atomic E-state index is 0.286. The number of carbonyl (C=O) groups is 1. The van der Waals surface area contributed by atoms with E-state index in [4.69, 9.17) is 0 Å². The topological polar surface area (TPSA) is 51.0 Å². The van der Waals surface area contributed by atoms with Gasteiger partial charge < -0.3 is 4.90 Å². The van der Waals surface area contributed by atoms with Gasteiger partial charge in [0.25, 0.3) is 0 Å². The van der Waals surface area contributed by atoms with Gasteiger partial charge in [-0.3, -0.25) is 9.48 Å². The number of aldehydes is 1. The lowest BCUT2D eigenvalue weighted by Gasteiger charge is -2.31. The van der Waals surface area contributed by atoms with Gasteiger partial charge in [-0.2, -0.15) is 0 Å². The first-order valence-electron chi connectivity index (χ1n) is 5.95. The molecule has 2 rings (SSSR count). The van der Waals surface area contributed by atoms with Gasteiger partial charge >= 0.3 is 0 Å². The zero-order valence-electron chi connectivity index (χ0n) is 9.76. The van der Waals surface area contributed by atoms with Crippen LogP contribution in [0.2, 0.25) is 0 Å². The fraction of sp³-hybridized carbons (Fsp3) is 0.727. The van der Waals surface area contributed by atoms with Crippen LogP contribution in [0, 0.1) is 5.92 Å². The summed E-state index contributed by atoms with van der Waals surface area (Å²) in [6, 6.07) is 0. The molecule has 1 aliphatic heterocycles. The Morgan fingerprint density at radius 1 is 1.59 bits per heavy atom. The van der Waals surface area contributed by atoms with Crippen LogP contribution in [0.4, 0.5) is 4.39 Å². The van der Waals surface area contributed by atoms with E-state index in [-0.39, 0.29) is 6.67 Å². The molecule has 0 spiro atoms. The van der Waals surface area contributed by atoms with Crippen molar-refractivity contribution in [2.24, 2.45) is 5.92 Å². The maximum absolute atomic E-state index is 12.3. The van der Waals surface area contributed by atoms with Gasteiger partial charge in [-0.15, -0.1) is 5.10 Å². The molecule has 5 nitrogen and oxygen atoms in total. The molecule has 1 aliphatic rings. The highest BCUT2D eigenvalue weighted by molar-refractivity contribution is 5.70. The van der Waals surface area contributed by atoms with Gasteiger partial charge in [0.15, 0.2) is 6.29 Å². The maximum Gasteiger partial charge on any atom is 0.171 e. The van der Waals surface area contributed by atoms with Crippen molar-refractivity contribution in [1.82, 2.24) is 19.9 Å². The van der Waals surface area contributed by atoms with Crippen molar-refractivity contribution in [3.05, 3.63) is 11.9 Å². The Labute approximate surface area is 99.6 Å². The number of piperidine rings is 1. The molecule has 17 heavy (non-hydrogen) atoms. The van der Waals surface area contributed by atoms with Crippen molar-refractivity contribution < 1.29 is 9.18 Å². The summed E-state index contributed by atoms with van der Waals surface area (Å²) in [7, 11) is 0. The van der Waals surface area contributed by atoms with E-state index in [0.29, 0.717) is 24.4 Å². The SMILES string of the molecule is O=Cc1cn(C[C@H]2CCCN(CCF)C2)nn1. The molecule has 0 radical (unpaired) electrons. The molecule has 2 heterocycles. The number of alkyl halides is 1. The van der Waals surface area contributed by atoms with Gasteiger partial charge in [0.1, 0.15) is 12.4 Å². The summed E-state index contributed by atoms with van der Waals surface area (Å²) in [5, 5.41) is 7.62. The third-order valence-electron chi connectivity index (χ3n) is 3.13. The monoisotopic (exact) mass is 240 g/mol. The molecular formula is C11H17FN4O. The van der Waals surface area contributed by atoms with Crippen LogP contribution in [0.3, 0.4) is 0 Å². The summed E-state index contributed by atoms with van der Waals surface area (Å²) in [4.78, 5) is 12.6. The van der Waals surface area contributed by atoms with E-state index in [0.717, 1.165) is 32.5 Å². The summed E-state index contributed by atoms with van der Waals surface area (Å²) in [5.41, 5.74) is 0.362. The minimum atomic E-state index is -0.286. The molecule has 1 atom stereocenters. The second-order valence-electron chi connectivity index (χ2n) is 4.48. The highest BCUT2D eigenvalue weighted by atomic mass is 19.1. The molecular weight excluding hydrogens is 223 g/mol. The van der Waals surface area contributed by atoms with Gasteiger partial charge in [-0.05, 0) is 25.3 Å². The highest BCUT2D eigenvalue weighted by Gasteiger charge is 2.20.